The molecule has 1 aliphatic carbocycles. The van der Waals surface area contributed by atoms with Crippen molar-refractivity contribution in [2.75, 3.05) is 23.5 Å². The van der Waals surface area contributed by atoms with Gasteiger partial charge in [0.1, 0.15) is 5.75 Å². The first-order valence-electron chi connectivity index (χ1n) is 13.1. The van der Waals surface area contributed by atoms with Crippen molar-refractivity contribution < 1.29 is 19.1 Å². The van der Waals surface area contributed by atoms with Crippen LogP contribution in [0.25, 0.3) is 0 Å². The summed E-state index contributed by atoms with van der Waals surface area (Å²) in [7, 11) is 1.53. The molecular formula is C31H35ClN2O4. The van der Waals surface area contributed by atoms with Crippen molar-refractivity contribution in [2.45, 2.75) is 58.4 Å². The number of allylic oxidation sites excluding steroid dienone is 2. The second kappa shape index (κ2) is 12.0. The second-order valence-electron chi connectivity index (χ2n) is 10.2. The average molecular weight is 535 g/mol. The molecule has 2 amide bonds. The minimum absolute atomic E-state index is 0.0868. The molecule has 2 aliphatic rings. The molecule has 0 bridgehead atoms. The molecule has 38 heavy (non-hydrogen) atoms. The van der Waals surface area contributed by atoms with E-state index in [-0.39, 0.29) is 30.2 Å². The van der Waals surface area contributed by atoms with E-state index in [2.05, 4.69) is 25.0 Å². The molecule has 7 heteroatoms. The molecule has 2 aromatic carbocycles. The quantitative estimate of drug-likeness (QED) is 0.265. The Hall–Kier alpha value is -3.43. The van der Waals surface area contributed by atoms with Gasteiger partial charge in [-0.3, -0.25) is 9.69 Å². The number of rotatable bonds is 8. The number of ether oxygens (including phenoxy) is 2. The van der Waals surface area contributed by atoms with E-state index in [1.165, 1.54) is 26.9 Å². The Labute approximate surface area is 230 Å². The number of anilines is 2. The molecule has 2 aromatic rings. The Kier molecular flexibility index (Phi) is 8.69. The number of hydrogen-bond donors (Lipinski definition) is 0. The van der Waals surface area contributed by atoms with Gasteiger partial charge in [0.05, 0.1) is 29.5 Å². The van der Waals surface area contributed by atoms with Crippen LogP contribution in [0.5, 0.6) is 11.5 Å². The Morgan fingerprint density at radius 1 is 1.21 bits per heavy atom. The fourth-order valence-corrected chi connectivity index (χ4v) is 5.26. The third-order valence-electron chi connectivity index (χ3n) is 7.39. The topological polar surface area (TPSA) is 59.1 Å². The predicted octanol–water partition coefficient (Wildman–Crippen LogP) is 7.21. The van der Waals surface area contributed by atoms with Crippen LogP contribution in [0.15, 0.2) is 48.6 Å². The van der Waals surface area contributed by atoms with E-state index < -0.39 is 6.09 Å². The number of fused-ring (bicyclic) bond motifs is 1. The van der Waals surface area contributed by atoms with E-state index in [9.17, 15) is 9.59 Å². The third-order valence-corrected chi connectivity index (χ3v) is 7.71. The molecule has 3 atom stereocenters. The van der Waals surface area contributed by atoms with Gasteiger partial charge < -0.3 is 14.4 Å². The van der Waals surface area contributed by atoms with Gasteiger partial charge in [-0.05, 0) is 73.8 Å². The summed E-state index contributed by atoms with van der Waals surface area (Å²) >= 11 is 6.30. The van der Waals surface area contributed by atoms with Crippen molar-refractivity contribution in [3.63, 3.8) is 0 Å². The predicted molar refractivity (Wildman–Crippen MR) is 152 cm³/mol. The van der Waals surface area contributed by atoms with Gasteiger partial charge in [-0.1, -0.05) is 36.7 Å². The lowest BCUT2D eigenvalue weighted by Crippen LogP contribution is -2.52. The van der Waals surface area contributed by atoms with Crippen molar-refractivity contribution in [1.29, 1.82) is 0 Å². The van der Waals surface area contributed by atoms with Gasteiger partial charge in [0, 0.05) is 26.0 Å². The number of hydrogen-bond acceptors (Lipinski definition) is 4. The highest BCUT2D eigenvalue weighted by atomic mass is 35.5. The van der Waals surface area contributed by atoms with Gasteiger partial charge in [-0.2, -0.15) is 0 Å². The van der Waals surface area contributed by atoms with Crippen LogP contribution in [0.4, 0.5) is 16.2 Å². The van der Waals surface area contributed by atoms with Crippen LogP contribution in [0, 0.1) is 24.2 Å². The smallest absolute Gasteiger partial charge is 0.419 e. The number of halogens is 1. The Bertz CT molecular complexity index is 1260. The Morgan fingerprint density at radius 2 is 1.97 bits per heavy atom. The molecule has 2 unspecified atom stereocenters. The lowest BCUT2D eigenvalue weighted by Gasteiger charge is -2.40. The molecule has 1 aliphatic heterocycles. The molecule has 0 spiro atoms. The third kappa shape index (κ3) is 6.16. The van der Waals surface area contributed by atoms with Crippen LogP contribution in [0.1, 0.15) is 57.9 Å². The van der Waals surface area contributed by atoms with E-state index in [4.69, 9.17) is 27.5 Å². The summed E-state index contributed by atoms with van der Waals surface area (Å²) < 4.78 is 11.0. The van der Waals surface area contributed by atoms with Crippen molar-refractivity contribution in [3.8, 4) is 23.8 Å². The highest BCUT2D eigenvalue weighted by Crippen LogP contribution is 2.41. The number of amides is 2. The minimum Gasteiger partial charge on any atom is -0.497 e. The summed E-state index contributed by atoms with van der Waals surface area (Å²) in [6, 6.07) is 10.5. The van der Waals surface area contributed by atoms with Crippen LogP contribution in [0.2, 0.25) is 5.02 Å². The first-order valence-corrected chi connectivity index (χ1v) is 13.5. The molecule has 1 heterocycles. The zero-order valence-corrected chi connectivity index (χ0v) is 23.2. The molecule has 0 N–H and O–H groups in total. The number of methoxy groups -OCH3 is 1. The molecule has 4 rings (SSSR count). The van der Waals surface area contributed by atoms with E-state index in [1.54, 1.807) is 28.0 Å². The van der Waals surface area contributed by atoms with Gasteiger partial charge in [-0.25, -0.2) is 4.79 Å². The van der Waals surface area contributed by atoms with Crippen molar-refractivity contribution >= 4 is 35.0 Å². The lowest BCUT2D eigenvalue weighted by molar-refractivity contribution is -0.117. The van der Waals surface area contributed by atoms with Crippen LogP contribution in [-0.2, 0) is 4.79 Å². The van der Waals surface area contributed by atoms with Gasteiger partial charge in [0.2, 0.25) is 5.91 Å². The molecular weight excluding hydrogens is 500 g/mol. The zero-order valence-electron chi connectivity index (χ0n) is 22.4. The molecule has 0 aromatic heterocycles. The number of benzene rings is 2. The van der Waals surface area contributed by atoms with Crippen molar-refractivity contribution in [2.24, 2.45) is 11.8 Å². The van der Waals surface area contributed by atoms with E-state index in [1.807, 2.05) is 25.1 Å². The number of terminal acetylenes is 1. The average Bonchev–Trinajstić information content (AvgIpc) is 3.74. The number of carbonyl (C=O) groups excluding carboxylic acids is 2. The second-order valence-corrected chi connectivity index (χ2v) is 10.6. The van der Waals surface area contributed by atoms with Crippen LogP contribution >= 0.6 is 11.6 Å². The van der Waals surface area contributed by atoms with Crippen LogP contribution in [0.3, 0.4) is 0 Å². The first-order chi connectivity index (χ1) is 18.2. The summed E-state index contributed by atoms with van der Waals surface area (Å²) in [6.45, 7) is 5.98. The fraction of sp³-hybridized carbons (Fsp3) is 0.419. The summed E-state index contributed by atoms with van der Waals surface area (Å²) in [6.07, 6.45) is 13.7. The van der Waals surface area contributed by atoms with Crippen molar-refractivity contribution in [3.05, 3.63) is 59.1 Å². The minimum atomic E-state index is -0.583. The van der Waals surface area contributed by atoms with Gasteiger partial charge in [-0.15, -0.1) is 12.3 Å². The van der Waals surface area contributed by atoms with Crippen LogP contribution < -0.4 is 19.3 Å². The molecule has 1 fully saturated rings. The normalized spacial score (nSPS) is 18.5. The largest absolute Gasteiger partial charge is 0.497 e. The molecule has 0 saturated heterocycles. The summed E-state index contributed by atoms with van der Waals surface area (Å²) in [4.78, 5) is 29.3. The maximum absolute atomic E-state index is 13.5. The standard InChI is InChI=1S/C31H35ClN2O4/c1-6-8-24(10-7-9-20(2)23-11-12-23)25-13-16-28-29(17-25)33(19-21(3)34(28)22(4)35)31(36)38-30-18-26(37-5)14-15-27(30)32/h1,7,9,13-18,20-21,23-24H,8,10-12,19H2,2-5H3/b9-7+/t20?,21-,24?/m0/s1. The van der Waals surface area contributed by atoms with Gasteiger partial charge in [0.15, 0.2) is 5.75 Å². The van der Waals surface area contributed by atoms with E-state index >= 15 is 0 Å². The summed E-state index contributed by atoms with van der Waals surface area (Å²) in [5.74, 6) is 4.91. The molecule has 6 nitrogen and oxygen atoms in total. The first kappa shape index (κ1) is 27.6. The highest BCUT2D eigenvalue weighted by Gasteiger charge is 2.35. The van der Waals surface area contributed by atoms with Crippen molar-refractivity contribution in [1.82, 2.24) is 0 Å². The molecule has 0 radical (unpaired) electrons. The van der Waals surface area contributed by atoms with Gasteiger partial charge in [0.25, 0.3) is 0 Å². The van der Waals surface area contributed by atoms with Crippen LogP contribution in [-0.4, -0.2) is 31.7 Å². The Balaban J connectivity index is 1.66. The Morgan fingerprint density at radius 3 is 2.63 bits per heavy atom. The van der Waals surface area contributed by atoms with Gasteiger partial charge >= 0.3 is 6.09 Å². The number of carbonyl (C=O) groups is 2. The van der Waals surface area contributed by atoms with E-state index in [0.29, 0.717) is 34.5 Å². The fourth-order valence-electron chi connectivity index (χ4n) is 5.10. The SMILES string of the molecule is C#CCC(C/C=C/C(C)C1CC1)c1ccc2c(c1)N(C(=O)Oc1cc(OC)ccc1Cl)C[C@H](C)N2C(C)=O. The number of nitrogens with zero attached hydrogens (tertiary/aromatic N) is 2. The maximum atomic E-state index is 13.5. The zero-order chi connectivity index (χ0) is 27.4. The van der Waals surface area contributed by atoms with E-state index in [0.717, 1.165) is 17.9 Å². The monoisotopic (exact) mass is 534 g/mol. The lowest BCUT2D eigenvalue weighted by atomic mass is 9.90. The summed E-state index contributed by atoms with van der Waals surface area (Å²) in [5, 5.41) is 0.296. The summed E-state index contributed by atoms with van der Waals surface area (Å²) in [5.41, 5.74) is 2.28. The molecule has 1 saturated carbocycles. The molecule has 200 valence electrons. The maximum Gasteiger partial charge on any atom is 0.419 e. The highest BCUT2D eigenvalue weighted by molar-refractivity contribution is 6.32.